The van der Waals surface area contributed by atoms with Crippen LogP contribution in [0.4, 0.5) is 17.1 Å². The van der Waals surface area contributed by atoms with Crippen LogP contribution in [0.1, 0.15) is 22.3 Å². The predicted molar refractivity (Wildman–Crippen MR) is 191 cm³/mol. The van der Waals surface area contributed by atoms with Crippen LogP contribution in [-0.4, -0.2) is 0 Å². The Morgan fingerprint density at radius 3 is 1.89 bits per heavy atom. The van der Waals surface area contributed by atoms with E-state index in [0.29, 0.717) is 0 Å². The monoisotopic (exact) mass is 605 g/mol. The Morgan fingerprint density at radius 1 is 0.457 bits per heavy atom. The van der Waals surface area contributed by atoms with Crippen LogP contribution in [0.5, 0.6) is 11.5 Å². The van der Waals surface area contributed by atoms with E-state index in [0.717, 1.165) is 28.6 Å². The maximum Gasteiger partial charge on any atom is 0.134 e. The van der Waals surface area contributed by atoms with Gasteiger partial charge in [0, 0.05) is 48.7 Å². The van der Waals surface area contributed by atoms with Gasteiger partial charge in [0.25, 0.3) is 0 Å². The number of rotatable bonds is 3. The molecule has 2 nitrogen and oxygen atoms in total. The van der Waals surface area contributed by atoms with Crippen molar-refractivity contribution in [1.29, 1.82) is 0 Å². The first-order valence-electron chi connectivity index (χ1n) is 15.7. The summed E-state index contributed by atoms with van der Waals surface area (Å²) in [5.41, 5.74) is 10.4. The van der Waals surface area contributed by atoms with E-state index >= 15 is 0 Å². The van der Waals surface area contributed by atoms with E-state index in [4.69, 9.17) is 4.74 Å². The summed E-state index contributed by atoms with van der Waals surface area (Å²) in [6.45, 7) is 0. The minimum atomic E-state index is -0.475. The lowest BCUT2D eigenvalue weighted by Crippen LogP contribution is -2.32. The van der Waals surface area contributed by atoms with Crippen LogP contribution in [-0.2, 0) is 5.41 Å². The van der Waals surface area contributed by atoms with Crippen molar-refractivity contribution in [2.24, 2.45) is 0 Å². The molecule has 7 aromatic carbocycles. The van der Waals surface area contributed by atoms with Crippen molar-refractivity contribution >= 4 is 48.6 Å². The van der Waals surface area contributed by atoms with Gasteiger partial charge in [-0.15, -0.1) is 11.3 Å². The van der Waals surface area contributed by atoms with Crippen molar-refractivity contribution < 1.29 is 4.74 Å². The second-order valence-electron chi connectivity index (χ2n) is 12.0. The van der Waals surface area contributed by atoms with Crippen LogP contribution >= 0.6 is 11.3 Å². The standard InChI is InChI=1S/C43H27NOS/c1-2-13-28(14-3-1)44(37-21-12-24-41-42(37)32-17-6-11-23-40(32)46-41)29-25-26-36-39(27-29)45-38-22-10-9-20-35(38)43(36)33-18-7-4-15-30(33)31-16-5-8-19-34(31)43/h1-27H. The second-order valence-corrected chi connectivity index (χ2v) is 13.1. The third-order valence-electron chi connectivity index (χ3n) is 9.73. The average molecular weight is 606 g/mol. The van der Waals surface area contributed by atoms with Gasteiger partial charge in [-0.3, -0.25) is 0 Å². The molecule has 1 aromatic heterocycles. The van der Waals surface area contributed by atoms with Crippen molar-refractivity contribution in [3.8, 4) is 22.6 Å². The topological polar surface area (TPSA) is 12.5 Å². The number of hydrogen-bond donors (Lipinski definition) is 0. The normalized spacial score (nSPS) is 13.6. The Kier molecular flexibility index (Phi) is 5.40. The lowest BCUT2D eigenvalue weighted by atomic mass is 9.66. The first-order valence-corrected chi connectivity index (χ1v) is 16.5. The number of ether oxygens (including phenoxy) is 1. The lowest BCUT2D eigenvalue weighted by Gasteiger charge is -2.40. The first-order chi connectivity index (χ1) is 22.8. The molecule has 0 N–H and O–H groups in total. The van der Waals surface area contributed by atoms with Crippen LogP contribution in [0, 0.1) is 0 Å². The molecule has 0 saturated carbocycles. The molecule has 3 heteroatoms. The summed E-state index contributed by atoms with van der Waals surface area (Å²) >= 11 is 1.85. The molecule has 1 aliphatic heterocycles. The fourth-order valence-corrected chi connectivity index (χ4v) is 9.06. The van der Waals surface area contributed by atoms with E-state index in [1.165, 1.54) is 53.6 Å². The minimum absolute atomic E-state index is 0.475. The summed E-state index contributed by atoms with van der Waals surface area (Å²) in [6.07, 6.45) is 0. The highest BCUT2D eigenvalue weighted by Crippen LogP contribution is 2.62. The van der Waals surface area contributed by atoms with E-state index in [2.05, 4.69) is 169 Å². The molecule has 216 valence electrons. The molecule has 8 aromatic rings. The predicted octanol–water partition coefficient (Wildman–Crippen LogP) is 12.0. The molecule has 0 unspecified atom stereocenters. The number of benzene rings is 7. The molecule has 1 aliphatic carbocycles. The summed E-state index contributed by atoms with van der Waals surface area (Å²) in [7, 11) is 0. The molecule has 10 rings (SSSR count). The van der Waals surface area contributed by atoms with Gasteiger partial charge in [-0.2, -0.15) is 0 Å². The van der Waals surface area contributed by atoms with Gasteiger partial charge < -0.3 is 9.64 Å². The largest absolute Gasteiger partial charge is 0.457 e. The molecule has 0 saturated heterocycles. The summed E-state index contributed by atoms with van der Waals surface area (Å²) in [6, 6.07) is 59.2. The molecule has 1 spiro atoms. The minimum Gasteiger partial charge on any atom is -0.457 e. The van der Waals surface area contributed by atoms with E-state index < -0.39 is 5.41 Å². The fourth-order valence-electron chi connectivity index (χ4n) is 7.94. The van der Waals surface area contributed by atoms with Crippen molar-refractivity contribution in [3.63, 3.8) is 0 Å². The molecule has 2 heterocycles. The van der Waals surface area contributed by atoms with Crippen LogP contribution < -0.4 is 9.64 Å². The molecule has 0 radical (unpaired) electrons. The Bertz CT molecular complexity index is 2430. The maximum atomic E-state index is 6.87. The van der Waals surface area contributed by atoms with E-state index in [1.54, 1.807) is 0 Å². The molecular weight excluding hydrogens is 579 g/mol. The van der Waals surface area contributed by atoms with Gasteiger partial charge in [0.05, 0.1) is 11.1 Å². The number of thiophene rings is 1. The number of nitrogens with zero attached hydrogens (tertiary/aromatic N) is 1. The summed E-state index contributed by atoms with van der Waals surface area (Å²) in [5, 5.41) is 2.55. The van der Waals surface area contributed by atoms with Gasteiger partial charge in [-0.25, -0.2) is 0 Å². The summed E-state index contributed by atoms with van der Waals surface area (Å²) in [4.78, 5) is 2.38. The summed E-state index contributed by atoms with van der Waals surface area (Å²) in [5.74, 6) is 1.78. The molecule has 46 heavy (non-hydrogen) atoms. The fraction of sp³-hybridized carbons (Fsp3) is 0.0233. The smallest absolute Gasteiger partial charge is 0.134 e. The zero-order valence-electron chi connectivity index (χ0n) is 24.9. The second kappa shape index (κ2) is 9.68. The zero-order chi connectivity index (χ0) is 30.2. The van der Waals surface area contributed by atoms with Crippen LogP contribution in [0.2, 0.25) is 0 Å². The number of hydrogen-bond acceptors (Lipinski definition) is 3. The van der Waals surface area contributed by atoms with Gasteiger partial charge in [-0.1, -0.05) is 115 Å². The molecule has 0 amide bonds. The van der Waals surface area contributed by atoms with Gasteiger partial charge in [0.2, 0.25) is 0 Å². The molecule has 0 atom stereocenters. The highest BCUT2D eigenvalue weighted by atomic mass is 32.1. The highest BCUT2D eigenvalue weighted by Gasteiger charge is 2.51. The van der Waals surface area contributed by atoms with Gasteiger partial charge >= 0.3 is 0 Å². The third-order valence-corrected chi connectivity index (χ3v) is 10.9. The number of fused-ring (bicyclic) bond motifs is 12. The van der Waals surface area contributed by atoms with Crippen LogP contribution in [0.25, 0.3) is 31.3 Å². The number of anilines is 3. The zero-order valence-corrected chi connectivity index (χ0v) is 25.7. The van der Waals surface area contributed by atoms with Crippen molar-refractivity contribution in [2.75, 3.05) is 4.90 Å². The Balaban J connectivity index is 1.26. The SMILES string of the molecule is c1ccc(N(c2ccc3c(c2)Oc2ccccc2C32c3ccccc3-c3ccccc32)c2cccc3sc4ccccc4c23)cc1. The van der Waals surface area contributed by atoms with E-state index in [-0.39, 0.29) is 0 Å². The van der Waals surface area contributed by atoms with Gasteiger partial charge in [-0.05, 0) is 64.7 Å². The quantitative estimate of drug-likeness (QED) is 0.199. The van der Waals surface area contributed by atoms with Gasteiger partial charge in [0.1, 0.15) is 11.5 Å². The molecule has 2 aliphatic rings. The van der Waals surface area contributed by atoms with Gasteiger partial charge in [0.15, 0.2) is 0 Å². The van der Waals surface area contributed by atoms with Crippen molar-refractivity contribution in [3.05, 3.63) is 186 Å². The van der Waals surface area contributed by atoms with Crippen molar-refractivity contribution in [1.82, 2.24) is 0 Å². The first kappa shape index (κ1) is 25.7. The third kappa shape index (κ3) is 3.41. The highest BCUT2D eigenvalue weighted by molar-refractivity contribution is 7.26. The van der Waals surface area contributed by atoms with E-state index in [1.807, 2.05) is 11.3 Å². The Morgan fingerprint density at radius 2 is 1.09 bits per heavy atom. The number of para-hydroxylation sites is 2. The van der Waals surface area contributed by atoms with E-state index in [9.17, 15) is 0 Å². The average Bonchev–Trinajstić information content (AvgIpc) is 3.64. The Hall–Kier alpha value is -5.64. The molecule has 0 bridgehead atoms. The lowest BCUT2D eigenvalue weighted by molar-refractivity contribution is 0.436. The Labute approximate surface area is 271 Å². The van der Waals surface area contributed by atoms with Crippen LogP contribution in [0.3, 0.4) is 0 Å². The molecule has 0 fully saturated rings. The summed E-state index contributed by atoms with van der Waals surface area (Å²) < 4.78 is 9.45. The van der Waals surface area contributed by atoms with Crippen molar-refractivity contribution in [2.45, 2.75) is 5.41 Å². The van der Waals surface area contributed by atoms with Crippen LogP contribution in [0.15, 0.2) is 164 Å². The maximum absolute atomic E-state index is 6.87. The molecular formula is C43H27NOS.